The van der Waals surface area contributed by atoms with E-state index in [-0.39, 0.29) is 11.8 Å². The number of nitrogens with zero attached hydrogens (tertiary/aromatic N) is 1. The molecule has 1 saturated carbocycles. The summed E-state index contributed by atoms with van der Waals surface area (Å²) in [4.78, 5) is 16.6. The Hall–Kier alpha value is -2.14. The van der Waals surface area contributed by atoms with Crippen LogP contribution in [0.4, 0.5) is 0 Å². The molecule has 0 unspecified atom stereocenters. The topological polar surface area (TPSA) is 63.2 Å². The Morgan fingerprint density at radius 3 is 2.71 bits per heavy atom. The first kappa shape index (κ1) is 20.6. The van der Waals surface area contributed by atoms with Gasteiger partial charge in [0.05, 0.1) is 0 Å². The van der Waals surface area contributed by atoms with E-state index in [1.807, 2.05) is 30.3 Å². The van der Waals surface area contributed by atoms with Gasteiger partial charge in [0.1, 0.15) is 17.9 Å². The van der Waals surface area contributed by atoms with E-state index in [1.165, 1.54) is 12.8 Å². The van der Waals surface area contributed by atoms with Crippen molar-refractivity contribution in [2.45, 2.75) is 45.4 Å². The molecular formula is C23H33N3O2. The van der Waals surface area contributed by atoms with E-state index in [9.17, 15) is 4.79 Å². The van der Waals surface area contributed by atoms with Gasteiger partial charge in [-0.2, -0.15) is 0 Å². The number of ether oxygens (including phenoxy) is 1. The molecule has 2 aromatic rings. The van der Waals surface area contributed by atoms with Crippen molar-refractivity contribution in [1.82, 2.24) is 15.6 Å². The van der Waals surface area contributed by atoms with Gasteiger partial charge in [-0.25, -0.2) is 0 Å². The highest BCUT2D eigenvalue weighted by atomic mass is 16.5. The van der Waals surface area contributed by atoms with Crippen LogP contribution in [0, 0.1) is 11.8 Å². The van der Waals surface area contributed by atoms with Crippen molar-refractivity contribution in [3.05, 3.63) is 36.5 Å². The van der Waals surface area contributed by atoms with Gasteiger partial charge < -0.3 is 15.4 Å². The molecule has 1 aliphatic carbocycles. The Bertz CT molecular complexity index is 736. The highest BCUT2D eigenvalue weighted by molar-refractivity contribution is 5.84. The number of para-hydroxylation sites is 1. The third kappa shape index (κ3) is 6.20. The minimum Gasteiger partial charge on any atom is -0.490 e. The fraction of sp³-hybridized carbons (Fsp3) is 0.565. The van der Waals surface area contributed by atoms with E-state index in [1.54, 1.807) is 6.20 Å². The second kappa shape index (κ2) is 11.0. The Morgan fingerprint density at radius 1 is 1.07 bits per heavy atom. The SMILES string of the molecule is CC1CCC(C(=O)NCCCCNCCOc2cccc3cccnc23)CC1. The summed E-state index contributed by atoms with van der Waals surface area (Å²) in [7, 11) is 0. The van der Waals surface area contributed by atoms with E-state index >= 15 is 0 Å². The quantitative estimate of drug-likeness (QED) is 0.610. The molecular weight excluding hydrogens is 350 g/mol. The van der Waals surface area contributed by atoms with Crippen LogP contribution in [0.3, 0.4) is 0 Å². The fourth-order valence-corrected chi connectivity index (χ4v) is 3.80. The van der Waals surface area contributed by atoms with E-state index < -0.39 is 0 Å². The molecule has 1 heterocycles. The van der Waals surface area contributed by atoms with Gasteiger partial charge in [0, 0.05) is 30.6 Å². The molecule has 0 saturated heterocycles. The Kier molecular flexibility index (Phi) is 8.09. The summed E-state index contributed by atoms with van der Waals surface area (Å²) >= 11 is 0. The summed E-state index contributed by atoms with van der Waals surface area (Å²) in [6, 6.07) is 9.98. The Morgan fingerprint density at radius 2 is 1.86 bits per heavy atom. The lowest BCUT2D eigenvalue weighted by Crippen LogP contribution is -2.33. The lowest BCUT2D eigenvalue weighted by Gasteiger charge is -2.25. The second-order valence-corrected chi connectivity index (χ2v) is 7.88. The van der Waals surface area contributed by atoms with Gasteiger partial charge in [0.25, 0.3) is 0 Å². The maximum Gasteiger partial charge on any atom is 0.223 e. The van der Waals surface area contributed by atoms with Crippen molar-refractivity contribution in [2.75, 3.05) is 26.2 Å². The molecule has 1 aromatic heterocycles. The zero-order valence-electron chi connectivity index (χ0n) is 17.0. The lowest BCUT2D eigenvalue weighted by atomic mass is 9.82. The first-order chi connectivity index (χ1) is 13.7. The van der Waals surface area contributed by atoms with Crippen molar-refractivity contribution in [3.63, 3.8) is 0 Å². The summed E-state index contributed by atoms with van der Waals surface area (Å²) in [5.74, 6) is 2.13. The molecule has 0 bridgehead atoms. The number of hydrogen-bond acceptors (Lipinski definition) is 4. The van der Waals surface area contributed by atoms with Crippen LogP contribution in [0.25, 0.3) is 10.9 Å². The molecule has 28 heavy (non-hydrogen) atoms. The number of carbonyl (C=O) groups is 1. The van der Waals surface area contributed by atoms with Crippen molar-refractivity contribution in [2.24, 2.45) is 11.8 Å². The monoisotopic (exact) mass is 383 g/mol. The zero-order valence-corrected chi connectivity index (χ0v) is 17.0. The maximum atomic E-state index is 12.2. The predicted molar refractivity (Wildman–Crippen MR) is 113 cm³/mol. The summed E-state index contributed by atoms with van der Waals surface area (Å²) in [5.41, 5.74) is 0.910. The number of rotatable bonds is 10. The molecule has 2 N–H and O–H groups in total. The van der Waals surface area contributed by atoms with Crippen molar-refractivity contribution >= 4 is 16.8 Å². The molecule has 152 valence electrons. The minimum absolute atomic E-state index is 0.245. The van der Waals surface area contributed by atoms with Crippen LogP contribution in [-0.2, 0) is 4.79 Å². The minimum atomic E-state index is 0.245. The number of amides is 1. The molecule has 0 aliphatic heterocycles. The van der Waals surface area contributed by atoms with Gasteiger partial charge in [-0.1, -0.05) is 25.1 Å². The largest absolute Gasteiger partial charge is 0.490 e. The molecule has 5 nitrogen and oxygen atoms in total. The van der Waals surface area contributed by atoms with Crippen LogP contribution in [0.2, 0.25) is 0 Å². The number of benzene rings is 1. The number of pyridine rings is 1. The van der Waals surface area contributed by atoms with Crippen LogP contribution >= 0.6 is 0 Å². The van der Waals surface area contributed by atoms with Gasteiger partial charge in [-0.15, -0.1) is 0 Å². The van der Waals surface area contributed by atoms with Crippen molar-refractivity contribution in [1.29, 1.82) is 0 Å². The normalized spacial score (nSPS) is 19.5. The highest BCUT2D eigenvalue weighted by Crippen LogP contribution is 2.28. The molecule has 0 radical (unpaired) electrons. The molecule has 5 heteroatoms. The van der Waals surface area contributed by atoms with Crippen molar-refractivity contribution < 1.29 is 9.53 Å². The standard InChI is InChI=1S/C23H33N3O2/c1-18-9-11-20(12-10-18)23(27)26-14-3-2-13-24-16-17-28-21-8-4-6-19-7-5-15-25-22(19)21/h4-8,15,18,20,24H,2-3,9-14,16-17H2,1H3,(H,26,27). The number of unbranched alkanes of at least 4 members (excludes halogenated alkanes) is 1. The number of carbonyl (C=O) groups excluding carboxylic acids is 1. The van der Waals surface area contributed by atoms with Gasteiger partial charge in [0.15, 0.2) is 0 Å². The van der Waals surface area contributed by atoms with Gasteiger partial charge >= 0.3 is 0 Å². The number of aromatic nitrogens is 1. The van der Waals surface area contributed by atoms with Crippen molar-refractivity contribution in [3.8, 4) is 5.75 Å². The Labute approximate surface area is 168 Å². The van der Waals surface area contributed by atoms with E-state index in [0.717, 1.165) is 67.9 Å². The van der Waals surface area contributed by atoms with Gasteiger partial charge in [-0.3, -0.25) is 9.78 Å². The van der Waals surface area contributed by atoms with Crippen LogP contribution < -0.4 is 15.4 Å². The maximum absolute atomic E-state index is 12.2. The second-order valence-electron chi connectivity index (χ2n) is 7.88. The first-order valence-corrected chi connectivity index (χ1v) is 10.7. The zero-order chi connectivity index (χ0) is 19.6. The molecule has 3 rings (SSSR count). The molecule has 0 atom stereocenters. The molecule has 1 fully saturated rings. The Balaban J connectivity index is 1.21. The smallest absolute Gasteiger partial charge is 0.223 e. The van der Waals surface area contributed by atoms with Crippen LogP contribution in [0.5, 0.6) is 5.75 Å². The van der Waals surface area contributed by atoms with Gasteiger partial charge in [-0.05, 0) is 63.1 Å². The molecule has 0 spiro atoms. The summed E-state index contributed by atoms with van der Waals surface area (Å²) in [5, 5.41) is 7.61. The number of nitrogens with one attached hydrogen (secondary N) is 2. The summed E-state index contributed by atoms with van der Waals surface area (Å²) in [6.45, 7) is 5.42. The van der Waals surface area contributed by atoms with Crippen LogP contribution in [0.1, 0.15) is 45.4 Å². The molecule has 1 aliphatic rings. The predicted octanol–water partition coefficient (Wildman–Crippen LogP) is 3.93. The van der Waals surface area contributed by atoms with E-state index in [2.05, 4.69) is 22.5 Å². The van der Waals surface area contributed by atoms with Crippen LogP contribution in [0.15, 0.2) is 36.5 Å². The molecule has 1 aromatic carbocycles. The average molecular weight is 384 g/mol. The summed E-state index contributed by atoms with van der Waals surface area (Å²) < 4.78 is 5.87. The number of hydrogen-bond donors (Lipinski definition) is 2. The summed E-state index contributed by atoms with van der Waals surface area (Å²) in [6.07, 6.45) is 8.36. The van der Waals surface area contributed by atoms with E-state index in [4.69, 9.17) is 4.74 Å². The highest BCUT2D eigenvalue weighted by Gasteiger charge is 2.23. The first-order valence-electron chi connectivity index (χ1n) is 10.7. The van der Waals surface area contributed by atoms with Gasteiger partial charge in [0.2, 0.25) is 5.91 Å². The fourth-order valence-electron chi connectivity index (χ4n) is 3.80. The molecule has 1 amide bonds. The average Bonchev–Trinajstić information content (AvgIpc) is 2.73. The number of fused-ring (bicyclic) bond motifs is 1. The third-order valence-electron chi connectivity index (χ3n) is 5.60. The van der Waals surface area contributed by atoms with E-state index in [0.29, 0.717) is 6.61 Å². The lowest BCUT2D eigenvalue weighted by molar-refractivity contribution is -0.126. The van der Waals surface area contributed by atoms with Crippen LogP contribution in [-0.4, -0.2) is 37.1 Å². The third-order valence-corrected chi connectivity index (χ3v) is 5.60.